The molecule has 24 heavy (non-hydrogen) atoms. The van der Waals surface area contributed by atoms with E-state index in [1.807, 2.05) is 6.20 Å². The predicted octanol–water partition coefficient (Wildman–Crippen LogP) is 3.67. The van der Waals surface area contributed by atoms with Crippen molar-refractivity contribution in [3.8, 4) is 11.3 Å². The number of aromatic nitrogens is 2. The summed E-state index contributed by atoms with van der Waals surface area (Å²) in [5.74, 6) is -0.234. The van der Waals surface area contributed by atoms with Gasteiger partial charge in [-0.1, -0.05) is 0 Å². The smallest absolute Gasteiger partial charge is 0.123 e. The highest BCUT2D eigenvalue weighted by Gasteiger charge is 2.15. The number of thiophene rings is 1. The summed E-state index contributed by atoms with van der Waals surface area (Å²) in [7, 11) is 4.18. The van der Waals surface area contributed by atoms with Gasteiger partial charge in [0.25, 0.3) is 0 Å². The van der Waals surface area contributed by atoms with Gasteiger partial charge in [-0.3, -0.25) is 5.10 Å². The maximum Gasteiger partial charge on any atom is 0.123 e. The van der Waals surface area contributed by atoms with E-state index >= 15 is 0 Å². The fraction of sp³-hybridized carbons (Fsp3) is 0.278. The highest BCUT2D eigenvalue weighted by Crippen LogP contribution is 2.23. The van der Waals surface area contributed by atoms with E-state index in [2.05, 4.69) is 51.3 Å². The highest BCUT2D eigenvalue weighted by molar-refractivity contribution is 7.07. The number of nitrogens with one attached hydrogen (secondary N) is 2. The number of aromatic amines is 1. The molecule has 0 aliphatic carbocycles. The van der Waals surface area contributed by atoms with Crippen LogP contribution in [0.3, 0.4) is 0 Å². The number of H-pyrrole nitrogens is 1. The molecule has 0 amide bonds. The van der Waals surface area contributed by atoms with Crippen LogP contribution in [0.4, 0.5) is 4.39 Å². The summed E-state index contributed by atoms with van der Waals surface area (Å²) in [6.07, 6.45) is 1.82. The molecule has 2 N–H and O–H groups in total. The second-order valence-corrected chi connectivity index (χ2v) is 6.72. The van der Waals surface area contributed by atoms with Gasteiger partial charge in [0.2, 0.25) is 0 Å². The van der Waals surface area contributed by atoms with Crippen LogP contribution in [0.25, 0.3) is 11.3 Å². The molecule has 0 aliphatic rings. The molecule has 0 unspecified atom stereocenters. The summed E-state index contributed by atoms with van der Waals surface area (Å²) in [6.45, 7) is 1.55. The van der Waals surface area contributed by atoms with E-state index < -0.39 is 0 Å². The van der Waals surface area contributed by atoms with Crippen LogP contribution >= 0.6 is 11.3 Å². The van der Waals surface area contributed by atoms with Gasteiger partial charge in [0.1, 0.15) is 5.82 Å². The van der Waals surface area contributed by atoms with Crippen LogP contribution in [0.15, 0.2) is 47.3 Å². The lowest BCUT2D eigenvalue weighted by Crippen LogP contribution is -2.30. The van der Waals surface area contributed by atoms with Crippen molar-refractivity contribution in [1.29, 1.82) is 0 Å². The molecule has 0 spiro atoms. The van der Waals surface area contributed by atoms with Crippen LogP contribution in [-0.4, -0.2) is 35.7 Å². The molecule has 0 fully saturated rings. The SMILES string of the molecule is CN(C)[C@@H](CNCc1cn[nH]c1-c1ccc(F)cc1)c1ccsc1. The molecule has 2 aromatic heterocycles. The Morgan fingerprint density at radius 1 is 1.25 bits per heavy atom. The van der Waals surface area contributed by atoms with Gasteiger partial charge in [-0.25, -0.2) is 4.39 Å². The highest BCUT2D eigenvalue weighted by atomic mass is 32.1. The number of hydrogen-bond donors (Lipinski definition) is 2. The number of likely N-dealkylation sites (N-methyl/N-ethyl adjacent to an activating group) is 1. The lowest BCUT2D eigenvalue weighted by molar-refractivity contribution is 0.289. The molecular weight excluding hydrogens is 323 g/mol. The Morgan fingerprint density at radius 3 is 2.71 bits per heavy atom. The summed E-state index contributed by atoms with van der Waals surface area (Å²) in [4.78, 5) is 2.21. The standard InChI is InChI=1S/C18H21FN4S/c1-23(2)17(14-7-8-24-12-14)11-20-9-15-10-21-22-18(15)13-3-5-16(19)6-4-13/h3-8,10,12,17,20H,9,11H2,1-2H3,(H,21,22)/t17-/m0/s1. The number of halogens is 1. The Bertz CT molecular complexity index is 750. The number of hydrogen-bond acceptors (Lipinski definition) is 4. The van der Waals surface area contributed by atoms with E-state index in [4.69, 9.17) is 0 Å². The van der Waals surface area contributed by atoms with E-state index in [9.17, 15) is 4.39 Å². The molecule has 0 aliphatic heterocycles. The zero-order valence-electron chi connectivity index (χ0n) is 13.8. The van der Waals surface area contributed by atoms with Crippen molar-refractivity contribution in [2.24, 2.45) is 0 Å². The number of nitrogens with zero attached hydrogens (tertiary/aromatic N) is 2. The first-order valence-electron chi connectivity index (χ1n) is 7.82. The molecule has 0 radical (unpaired) electrons. The zero-order valence-corrected chi connectivity index (χ0v) is 14.6. The molecule has 0 saturated heterocycles. The normalized spacial score (nSPS) is 12.7. The predicted molar refractivity (Wildman–Crippen MR) is 96.4 cm³/mol. The van der Waals surface area contributed by atoms with Crippen molar-refractivity contribution < 1.29 is 4.39 Å². The largest absolute Gasteiger partial charge is 0.311 e. The number of benzene rings is 1. The lowest BCUT2D eigenvalue weighted by atomic mass is 10.1. The Morgan fingerprint density at radius 2 is 2.04 bits per heavy atom. The number of rotatable bonds is 7. The van der Waals surface area contributed by atoms with Gasteiger partial charge >= 0.3 is 0 Å². The van der Waals surface area contributed by atoms with Gasteiger partial charge in [-0.2, -0.15) is 16.4 Å². The van der Waals surface area contributed by atoms with Crippen LogP contribution in [-0.2, 0) is 6.54 Å². The molecule has 1 atom stereocenters. The van der Waals surface area contributed by atoms with Gasteiger partial charge in [0, 0.05) is 30.3 Å². The van der Waals surface area contributed by atoms with E-state index in [1.165, 1.54) is 17.7 Å². The fourth-order valence-corrected chi connectivity index (χ4v) is 3.43. The van der Waals surface area contributed by atoms with Gasteiger partial charge < -0.3 is 10.2 Å². The summed E-state index contributed by atoms with van der Waals surface area (Å²) < 4.78 is 13.1. The van der Waals surface area contributed by atoms with Gasteiger partial charge in [-0.05, 0) is 60.8 Å². The molecule has 3 aromatic rings. The Balaban J connectivity index is 1.65. The Kier molecular flexibility index (Phi) is 5.40. The minimum absolute atomic E-state index is 0.234. The molecule has 6 heteroatoms. The molecule has 0 saturated carbocycles. The van der Waals surface area contributed by atoms with E-state index in [0.29, 0.717) is 12.6 Å². The summed E-state index contributed by atoms with van der Waals surface area (Å²) in [6, 6.07) is 8.95. The van der Waals surface area contributed by atoms with Crippen molar-refractivity contribution in [3.63, 3.8) is 0 Å². The first-order valence-corrected chi connectivity index (χ1v) is 8.77. The molecule has 126 valence electrons. The van der Waals surface area contributed by atoms with Crippen molar-refractivity contribution in [3.05, 3.63) is 64.2 Å². The first kappa shape index (κ1) is 16.8. The van der Waals surface area contributed by atoms with Crippen LogP contribution < -0.4 is 5.32 Å². The first-order chi connectivity index (χ1) is 11.6. The molecule has 2 heterocycles. The monoisotopic (exact) mass is 344 g/mol. The molecule has 0 bridgehead atoms. The average molecular weight is 344 g/mol. The summed E-state index contributed by atoms with van der Waals surface area (Å²) >= 11 is 1.72. The maximum atomic E-state index is 13.1. The van der Waals surface area contributed by atoms with Crippen molar-refractivity contribution in [1.82, 2.24) is 20.4 Å². The molecule has 3 rings (SSSR count). The summed E-state index contributed by atoms with van der Waals surface area (Å²) in [5.41, 5.74) is 4.26. The second kappa shape index (κ2) is 7.70. The van der Waals surface area contributed by atoms with Gasteiger partial charge in [0.15, 0.2) is 0 Å². The van der Waals surface area contributed by atoms with Crippen molar-refractivity contribution in [2.75, 3.05) is 20.6 Å². The van der Waals surface area contributed by atoms with E-state index in [-0.39, 0.29) is 5.82 Å². The Labute approximate surface area is 145 Å². The molecule has 4 nitrogen and oxygen atoms in total. The van der Waals surface area contributed by atoms with Crippen LogP contribution in [0.5, 0.6) is 0 Å². The van der Waals surface area contributed by atoms with Crippen molar-refractivity contribution >= 4 is 11.3 Å². The molecular formula is C18H21FN4S. The average Bonchev–Trinajstić information content (AvgIpc) is 3.23. The zero-order chi connectivity index (χ0) is 16.9. The van der Waals surface area contributed by atoms with E-state index in [1.54, 1.807) is 23.5 Å². The van der Waals surface area contributed by atoms with Crippen molar-refractivity contribution in [2.45, 2.75) is 12.6 Å². The third-order valence-corrected chi connectivity index (χ3v) is 4.76. The van der Waals surface area contributed by atoms with Gasteiger partial charge in [-0.15, -0.1) is 0 Å². The summed E-state index contributed by atoms with van der Waals surface area (Å²) in [5, 5.41) is 14.9. The van der Waals surface area contributed by atoms with E-state index in [0.717, 1.165) is 23.4 Å². The minimum Gasteiger partial charge on any atom is -0.311 e. The Hall–Kier alpha value is -2.02. The van der Waals surface area contributed by atoms with Crippen LogP contribution in [0, 0.1) is 5.82 Å². The maximum absolute atomic E-state index is 13.1. The lowest BCUT2D eigenvalue weighted by Gasteiger charge is -2.24. The minimum atomic E-state index is -0.234. The molecule has 1 aromatic carbocycles. The topological polar surface area (TPSA) is 44.0 Å². The fourth-order valence-electron chi connectivity index (χ4n) is 2.72. The second-order valence-electron chi connectivity index (χ2n) is 5.94. The third-order valence-electron chi connectivity index (χ3n) is 4.06. The van der Waals surface area contributed by atoms with Gasteiger partial charge in [0.05, 0.1) is 11.9 Å². The van der Waals surface area contributed by atoms with Crippen LogP contribution in [0.1, 0.15) is 17.2 Å². The quantitative estimate of drug-likeness (QED) is 0.687. The third kappa shape index (κ3) is 3.90. The van der Waals surface area contributed by atoms with Crippen LogP contribution in [0.2, 0.25) is 0 Å².